The van der Waals surface area contributed by atoms with E-state index in [9.17, 15) is 4.79 Å². The summed E-state index contributed by atoms with van der Waals surface area (Å²) in [6.07, 6.45) is 4.47. The van der Waals surface area contributed by atoms with E-state index in [4.69, 9.17) is 0 Å². The fourth-order valence-corrected chi connectivity index (χ4v) is 2.40. The van der Waals surface area contributed by atoms with Crippen LogP contribution in [-0.2, 0) is 4.79 Å². The van der Waals surface area contributed by atoms with E-state index in [-0.39, 0.29) is 0 Å². The van der Waals surface area contributed by atoms with Crippen LogP contribution in [0.4, 0.5) is 0 Å². The molecule has 0 N–H and O–H groups in total. The van der Waals surface area contributed by atoms with Crippen molar-refractivity contribution < 1.29 is 4.79 Å². The Morgan fingerprint density at radius 1 is 1.25 bits per heavy atom. The van der Waals surface area contributed by atoms with Crippen LogP contribution in [0.15, 0.2) is 0 Å². The topological polar surface area (TPSA) is 17.1 Å². The molecule has 0 bridgehead atoms. The molecular formula is C11H20O. The largest absolute Gasteiger partial charge is 0.299 e. The van der Waals surface area contributed by atoms with E-state index < -0.39 is 0 Å². The third kappa shape index (κ3) is 1.70. The predicted molar refractivity (Wildman–Crippen MR) is 51.0 cm³/mol. The van der Waals surface area contributed by atoms with Crippen LogP contribution >= 0.6 is 0 Å². The second-order valence-electron chi connectivity index (χ2n) is 4.08. The van der Waals surface area contributed by atoms with Crippen LogP contribution in [0.5, 0.6) is 0 Å². The van der Waals surface area contributed by atoms with Gasteiger partial charge in [0.05, 0.1) is 0 Å². The lowest BCUT2D eigenvalue weighted by Gasteiger charge is -2.31. The summed E-state index contributed by atoms with van der Waals surface area (Å²) in [7, 11) is 0. The number of carbonyl (C=O) groups excluding carboxylic acids is 1. The maximum Gasteiger partial charge on any atom is 0.139 e. The van der Waals surface area contributed by atoms with E-state index in [1.807, 2.05) is 0 Å². The molecule has 0 aromatic heterocycles. The average Bonchev–Trinajstić information content (AvgIpc) is 2.06. The summed E-state index contributed by atoms with van der Waals surface area (Å²) in [6.45, 7) is 6.49. The zero-order valence-electron chi connectivity index (χ0n) is 8.47. The molecule has 1 fully saturated rings. The van der Waals surface area contributed by atoms with E-state index >= 15 is 0 Å². The molecule has 0 spiro atoms. The quantitative estimate of drug-likeness (QED) is 0.619. The molecule has 1 saturated carbocycles. The molecular weight excluding hydrogens is 148 g/mol. The van der Waals surface area contributed by atoms with E-state index in [1.54, 1.807) is 0 Å². The standard InChI is InChI=1S/C11H20O/c1-4-9-7-6-8(3)10(5-2)11(9)12/h8-10H,4-7H2,1-3H3. The molecule has 70 valence electrons. The first-order valence-electron chi connectivity index (χ1n) is 5.24. The van der Waals surface area contributed by atoms with Gasteiger partial charge in [-0.15, -0.1) is 0 Å². The summed E-state index contributed by atoms with van der Waals surface area (Å²) < 4.78 is 0. The number of Topliss-reactive ketones (excluding diaryl/α,β-unsaturated/α-hetero) is 1. The summed E-state index contributed by atoms with van der Waals surface area (Å²) in [5, 5.41) is 0. The first kappa shape index (κ1) is 9.76. The van der Waals surface area contributed by atoms with Gasteiger partial charge in [-0.1, -0.05) is 20.8 Å². The van der Waals surface area contributed by atoms with Crippen molar-refractivity contribution in [3.05, 3.63) is 0 Å². The van der Waals surface area contributed by atoms with Gasteiger partial charge in [0.2, 0.25) is 0 Å². The molecule has 3 unspecified atom stereocenters. The van der Waals surface area contributed by atoms with Crippen LogP contribution in [0.1, 0.15) is 46.5 Å². The van der Waals surface area contributed by atoms with Gasteiger partial charge < -0.3 is 0 Å². The maximum atomic E-state index is 11.8. The van der Waals surface area contributed by atoms with Gasteiger partial charge in [-0.3, -0.25) is 4.79 Å². The van der Waals surface area contributed by atoms with Crippen molar-refractivity contribution >= 4 is 5.78 Å². The number of hydrogen-bond donors (Lipinski definition) is 0. The summed E-state index contributed by atoms with van der Waals surface area (Å²) in [4.78, 5) is 11.8. The Balaban J connectivity index is 2.63. The molecule has 0 radical (unpaired) electrons. The molecule has 0 aromatic carbocycles. The zero-order chi connectivity index (χ0) is 9.14. The van der Waals surface area contributed by atoms with Crippen molar-refractivity contribution in [2.75, 3.05) is 0 Å². The molecule has 0 aromatic rings. The Morgan fingerprint density at radius 2 is 1.92 bits per heavy atom. The van der Waals surface area contributed by atoms with Crippen molar-refractivity contribution in [2.24, 2.45) is 17.8 Å². The van der Waals surface area contributed by atoms with Crippen LogP contribution in [0.2, 0.25) is 0 Å². The smallest absolute Gasteiger partial charge is 0.139 e. The number of ketones is 1. The lowest BCUT2D eigenvalue weighted by atomic mass is 9.72. The van der Waals surface area contributed by atoms with Crippen LogP contribution in [-0.4, -0.2) is 5.78 Å². The first-order chi connectivity index (χ1) is 5.70. The summed E-state index contributed by atoms with van der Waals surface area (Å²) in [5.41, 5.74) is 0. The Bertz CT molecular complexity index is 162. The molecule has 0 amide bonds. The second kappa shape index (κ2) is 4.06. The second-order valence-corrected chi connectivity index (χ2v) is 4.08. The molecule has 3 atom stereocenters. The molecule has 1 heteroatoms. The summed E-state index contributed by atoms with van der Waals surface area (Å²) in [5.74, 6) is 1.92. The van der Waals surface area contributed by atoms with Crippen LogP contribution in [0.3, 0.4) is 0 Å². The predicted octanol–water partition coefficient (Wildman–Crippen LogP) is 3.04. The highest BCUT2D eigenvalue weighted by Crippen LogP contribution is 2.33. The Morgan fingerprint density at radius 3 is 2.42 bits per heavy atom. The van der Waals surface area contributed by atoms with E-state index in [2.05, 4.69) is 20.8 Å². The molecule has 0 aliphatic heterocycles. The lowest BCUT2D eigenvalue weighted by Crippen LogP contribution is -2.33. The normalized spacial score (nSPS) is 36.9. The first-order valence-corrected chi connectivity index (χ1v) is 5.24. The van der Waals surface area contributed by atoms with Gasteiger partial charge in [-0.05, 0) is 31.6 Å². The van der Waals surface area contributed by atoms with E-state index in [1.165, 1.54) is 6.42 Å². The fourth-order valence-electron chi connectivity index (χ4n) is 2.40. The molecule has 1 nitrogen and oxygen atoms in total. The van der Waals surface area contributed by atoms with E-state index in [0.717, 1.165) is 19.3 Å². The summed E-state index contributed by atoms with van der Waals surface area (Å²) in [6, 6.07) is 0. The highest BCUT2D eigenvalue weighted by atomic mass is 16.1. The van der Waals surface area contributed by atoms with Crippen molar-refractivity contribution in [1.82, 2.24) is 0 Å². The van der Waals surface area contributed by atoms with Crippen molar-refractivity contribution in [3.63, 3.8) is 0 Å². The molecule has 1 rings (SSSR count). The van der Waals surface area contributed by atoms with Crippen LogP contribution < -0.4 is 0 Å². The van der Waals surface area contributed by atoms with Crippen LogP contribution in [0, 0.1) is 17.8 Å². The minimum absolute atomic E-state index is 0.365. The van der Waals surface area contributed by atoms with Crippen molar-refractivity contribution in [3.8, 4) is 0 Å². The van der Waals surface area contributed by atoms with Gasteiger partial charge in [-0.25, -0.2) is 0 Å². The molecule has 0 saturated heterocycles. The zero-order valence-corrected chi connectivity index (χ0v) is 8.47. The molecule has 1 aliphatic rings. The van der Waals surface area contributed by atoms with E-state index in [0.29, 0.717) is 23.5 Å². The average molecular weight is 168 g/mol. The minimum Gasteiger partial charge on any atom is -0.299 e. The van der Waals surface area contributed by atoms with Gasteiger partial charge in [0, 0.05) is 11.8 Å². The van der Waals surface area contributed by atoms with Gasteiger partial charge in [0.1, 0.15) is 5.78 Å². The summed E-state index contributed by atoms with van der Waals surface area (Å²) >= 11 is 0. The third-order valence-corrected chi connectivity index (χ3v) is 3.36. The van der Waals surface area contributed by atoms with Crippen molar-refractivity contribution in [2.45, 2.75) is 46.5 Å². The van der Waals surface area contributed by atoms with Gasteiger partial charge in [0.15, 0.2) is 0 Å². The minimum atomic E-state index is 0.365. The Labute approximate surface area is 75.5 Å². The maximum absolute atomic E-state index is 11.8. The lowest BCUT2D eigenvalue weighted by molar-refractivity contribution is -0.131. The molecule has 12 heavy (non-hydrogen) atoms. The van der Waals surface area contributed by atoms with Crippen molar-refractivity contribution in [1.29, 1.82) is 0 Å². The Hall–Kier alpha value is -0.330. The van der Waals surface area contributed by atoms with Crippen LogP contribution in [0.25, 0.3) is 0 Å². The van der Waals surface area contributed by atoms with Gasteiger partial charge in [-0.2, -0.15) is 0 Å². The molecule has 0 heterocycles. The fraction of sp³-hybridized carbons (Fsp3) is 0.909. The highest BCUT2D eigenvalue weighted by molar-refractivity contribution is 5.84. The number of carbonyl (C=O) groups is 1. The third-order valence-electron chi connectivity index (χ3n) is 3.36. The highest BCUT2D eigenvalue weighted by Gasteiger charge is 2.33. The monoisotopic (exact) mass is 168 g/mol. The van der Waals surface area contributed by atoms with Gasteiger partial charge in [0.25, 0.3) is 0 Å². The number of hydrogen-bond acceptors (Lipinski definition) is 1. The SMILES string of the molecule is CCC1CCC(C)C(CC)C1=O. The Kier molecular flexibility index (Phi) is 3.30. The van der Waals surface area contributed by atoms with Gasteiger partial charge >= 0.3 is 0 Å². The number of rotatable bonds is 2. The molecule has 1 aliphatic carbocycles.